The lowest BCUT2D eigenvalue weighted by Gasteiger charge is -2.20. The van der Waals surface area contributed by atoms with E-state index in [-0.39, 0.29) is 10.8 Å². The quantitative estimate of drug-likeness (QED) is 0.448. The summed E-state index contributed by atoms with van der Waals surface area (Å²) in [5, 5.41) is 3.81. The number of carbonyl (C=O) groups excluding carboxylic acids is 1. The highest BCUT2D eigenvalue weighted by Gasteiger charge is 2.24. The first-order valence-electron chi connectivity index (χ1n) is 10.4. The molecule has 8 heteroatoms. The summed E-state index contributed by atoms with van der Waals surface area (Å²) in [7, 11) is -3.66. The van der Waals surface area contributed by atoms with Gasteiger partial charge in [-0.25, -0.2) is 13.4 Å². The van der Waals surface area contributed by atoms with Crippen molar-refractivity contribution in [1.29, 1.82) is 0 Å². The molecule has 0 aliphatic carbocycles. The lowest BCUT2D eigenvalue weighted by atomic mass is 10.1. The minimum absolute atomic E-state index is 0.161. The van der Waals surface area contributed by atoms with Gasteiger partial charge in [-0.3, -0.25) is 4.79 Å². The molecule has 0 radical (unpaired) electrons. The molecule has 1 aromatic heterocycles. The number of nitrogens with one attached hydrogen (secondary N) is 1. The van der Waals surface area contributed by atoms with Crippen molar-refractivity contribution in [3.63, 3.8) is 0 Å². The lowest BCUT2D eigenvalue weighted by Crippen LogP contribution is -2.31. The molecular weight excluding hydrogens is 442 g/mol. The van der Waals surface area contributed by atoms with Gasteiger partial charge in [0.25, 0.3) is 5.91 Å². The van der Waals surface area contributed by atoms with Crippen molar-refractivity contribution >= 4 is 33.4 Å². The van der Waals surface area contributed by atoms with Crippen molar-refractivity contribution in [3.8, 4) is 0 Å². The summed E-state index contributed by atoms with van der Waals surface area (Å²) in [4.78, 5) is 17.3. The van der Waals surface area contributed by atoms with E-state index in [1.807, 2.05) is 42.5 Å². The highest BCUT2D eigenvalue weighted by atomic mass is 32.2. The maximum Gasteiger partial charge on any atom is 0.255 e. The first kappa shape index (κ1) is 24.0. The SMILES string of the molecule is CCN(CC)S(=O)(=O)c1cc(C(=O)Nc2cccc(CSc3ccccn3)c2)ccc1C. The number of hydrogen-bond donors (Lipinski definition) is 1. The zero-order valence-corrected chi connectivity index (χ0v) is 20.0. The first-order valence-corrected chi connectivity index (χ1v) is 12.8. The van der Waals surface area contributed by atoms with Gasteiger partial charge in [0.15, 0.2) is 0 Å². The van der Waals surface area contributed by atoms with Crippen molar-refractivity contribution in [2.75, 3.05) is 18.4 Å². The largest absolute Gasteiger partial charge is 0.322 e. The molecule has 0 saturated carbocycles. The number of pyridine rings is 1. The van der Waals surface area contributed by atoms with Crippen molar-refractivity contribution < 1.29 is 13.2 Å². The zero-order chi connectivity index (χ0) is 23.1. The molecule has 0 atom stereocenters. The van der Waals surface area contributed by atoms with Gasteiger partial charge in [-0.05, 0) is 54.4 Å². The fourth-order valence-electron chi connectivity index (χ4n) is 3.25. The zero-order valence-electron chi connectivity index (χ0n) is 18.4. The number of aromatic nitrogens is 1. The summed E-state index contributed by atoms with van der Waals surface area (Å²) in [6, 6.07) is 18.2. The molecule has 1 N–H and O–H groups in total. The molecule has 0 aliphatic rings. The number of carbonyl (C=O) groups is 1. The number of hydrogen-bond acceptors (Lipinski definition) is 5. The summed E-state index contributed by atoms with van der Waals surface area (Å²) in [6.45, 7) is 6.08. The number of nitrogens with zero attached hydrogens (tertiary/aromatic N) is 2. The first-order chi connectivity index (χ1) is 15.3. The van der Waals surface area contributed by atoms with E-state index < -0.39 is 10.0 Å². The summed E-state index contributed by atoms with van der Waals surface area (Å²) in [6.07, 6.45) is 1.76. The van der Waals surface area contributed by atoms with E-state index in [9.17, 15) is 13.2 Å². The van der Waals surface area contributed by atoms with Crippen LogP contribution in [0, 0.1) is 6.92 Å². The van der Waals surface area contributed by atoms with Gasteiger partial charge in [0, 0.05) is 36.3 Å². The number of thioether (sulfide) groups is 1. The second-order valence-corrected chi connectivity index (χ2v) is 10.1. The third-order valence-electron chi connectivity index (χ3n) is 4.98. The average Bonchev–Trinajstić information content (AvgIpc) is 2.79. The van der Waals surface area contributed by atoms with E-state index in [1.54, 1.807) is 50.9 Å². The van der Waals surface area contributed by atoms with E-state index >= 15 is 0 Å². The monoisotopic (exact) mass is 469 g/mol. The van der Waals surface area contributed by atoms with Crippen LogP contribution in [0.3, 0.4) is 0 Å². The van der Waals surface area contributed by atoms with Crippen LogP contribution in [0.5, 0.6) is 0 Å². The molecule has 0 saturated heterocycles. The smallest absolute Gasteiger partial charge is 0.255 e. The normalized spacial score (nSPS) is 11.5. The van der Waals surface area contributed by atoms with Crippen LogP contribution in [0.2, 0.25) is 0 Å². The molecule has 0 unspecified atom stereocenters. The second kappa shape index (κ2) is 10.8. The molecule has 2 aromatic carbocycles. The van der Waals surface area contributed by atoms with Gasteiger partial charge in [0.2, 0.25) is 10.0 Å². The minimum atomic E-state index is -3.66. The standard InChI is InChI=1S/C24H27N3O3S2/c1-4-27(5-2)32(29,30)22-16-20(13-12-18(22)3)24(28)26-21-10-8-9-19(15-21)17-31-23-11-6-7-14-25-23/h6-16H,4-5,17H2,1-3H3,(H,26,28). The molecule has 6 nitrogen and oxygen atoms in total. The Morgan fingerprint density at radius 2 is 1.81 bits per heavy atom. The predicted octanol–water partition coefficient (Wildman–Crippen LogP) is 4.97. The number of amides is 1. The van der Waals surface area contributed by atoms with E-state index in [4.69, 9.17) is 0 Å². The van der Waals surface area contributed by atoms with E-state index in [0.29, 0.717) is 29.9 Å². The van der Waals surface area contributed by atoms with Crippen LogP contribution < -0.4 is 5.32 Å². The van der Waals surface area contributed by atoms with Crippen LogP contribution in [-0.2, 0) is 15.8 Å². The van der Waals surface area contributed by atoms with Crippen LogP contribution in [0.15, 0.2) is 76.8 Å². The Balaban J connectivity index is 1.76. The number of anilines is 1. The third kappa shape index (κ3) is 5.76. The second-order valence-electron chi connectivity index (χ2n) is 7.18. The lowest BCUT2D eigenvalue weighted by molar-refractivity contribution is 0.102. The van der Waals surface area contributed by atoms with Crippen molar-refractivity contribution in [2.45, 2.75) is 36.4 Å². The number of rotatable bonds is 9. The Morgan fingerprint density at radius 1 is 1.03 bits per heavy atom. The summed E-state index contributed by atoms with van der Waals surface area (Å²) in [5.41, 5.74) is 2.62. The van der Waals surface area contributed by atoms with Crippen LogP contribution in [-0.4, -0.2) is 36.7 Å². The van der Waals surface area contributed by atoms with Crippen molar-refractivity contribution in [3.05, 3.63) is 83.6 Å². The Hall–Kier alpha value is -2.68. The van der Waals surface area contributed by atoms with Gasteiger partial charge >= 0.3 is 0 Å². The number of aryl methyl sites for hydroxylation is 1. The molecule has 1 amide bonds. The van der Waals surface area contributed by atoms with E-state index in [0.717, 1.165) is 16.3 Å². The maximum atomic E-state index is 13.0. The fourth-order valence-corrected chi connectivity index (χ4v) is 5.77. The Morgan fingerprint density at radius 3 is 2.50 bits per heavy atom. The topological polar surface area (TPSA) is 79.4 Å². The summed E-state index contributed by atoms with van der Waals surface area (Å²) >= 11 is 1.62. The van der Waals surface area contributed by atoms with Gasteiger partial charge in [0.1, 0.15) is 0 Å². The minimum Gasteiger partial charge on any atom is -0.322 e. The van der Waals surface area contributed by atoms with Gasteiger partial charge in [-0.15, -0.1) is 11.8 Å². The Kier molecular flexibility index (Phi) is 8.06. The van der Waals surface area contributed by atoms with Gasteiger partial charge in [-0.2, -0.15) is 4.31 Å². The van der Waals surface area contributed by atoms with Crippen molar-refractivity contribution in [1.82, 2.24) is 9.29 Å². The Bertz CT molecular complexity index is 1180. The number of benzene rings is 2. The molecule has 0 bridgehead atoms. The van der Waals surface area contributed by atoms with Gasteiger partial charge < -0.3 is 5.32 Å². The molecule has 0 aliphatic heterocycles. The highest BCUT2D eigenvalue weighted by molar-refractivity contribution is 7.98. The molecule has 3 aromatic rings. The van der Waals surface area contributed by atoms with Crippen LogP contribution in [0.25, 0.3) is 0 Å². The number of sulfonamides is 1. The highest BCUT2D eigenvalue weighted by Crippen LogP contribution is 2.24. The van der Waals surface area contributed by atoms with Gasteiger partial charge in [-0.1, -0.05) is 38.1 Å². The fraction of sp³-hybridized carbons (Fsp3) is 0.250. The van der Waals surface area contributed by atoms with Crippen LogP contribution >= 0.6 is 11.8 Å². The predicted molar refractivity (Wildman–Crippen MR) is 129 cm³/mol. The molecule has 0 fully saturated rings. The molecule has 1 heterocycles. The molecular formula is C24H27N3O3S2. The molecule has 32 heavy (non-hydrogen) atoms. The van der Waals surface area contributed by atoms with Crippen LogP contribution in [0.4, 0.5) is 5.69 Å². The third-order valence-corrected chi connectivity index (χ3v) is 8.19. The maximum absolute atomic E-state index is 13.0. The average molecular weight is 470 g/mol. The summed E-state index contributed by atoms with van der Waals surface area (Å²) < 4.78 is 27.3. The van der Waals surface area contributed by atoms with E-state index in [2.05, 4.69) is 10.3 Å². The molecule has 168 valence electrons. The molecule has 0 spiro atoms. The summed E-state index contributed by atoms with van der Waals surface area (Å²) in [5.74, 6) is 0.368. The van der Waals surface area contributed by atoms with Crippen molar-refractivity contribution in [2.24, 2.45) is 0 Å². The Labute approximate surface area is 194 Å². The van der Waals surface area contributed by atoms with Gasteiger partial charge in [0.05, 0.1) is 9.92 Å². The molecule has 3 rings (SSSR count). The van der Waals surface area contributed by atoms with E-state index in [1.165, 1.54) is 10.4 Å². The van der Waals surface area contributed by atoms with Crippen LogP contribution in [0.1, 0.15) is 35.3 Å².